The highest BCUT2D eigenvalue weighted by Gasteiger charge is 2.11. The number of hydrogen-bond donors (Lipinski definition) is 2. The molecule has 2 aromatic carbocycles. The minimum Gasteiger partial charge on any atom is -0.399 e. The Morgan fingerprint density at radius 3 is 2.35 bits per heavy atom. The fourth-order valence-corrected chi connectivity index (χ4v) is 3.11. The summed E-state index contributed by atoms with van der Waals surface area (Å²) in [5, 5.41) is 0. The topological polar surface area (TPSA) is 72.2 Å². The summed E-state index contributed by atoms with van der Waals surface area (Å²) in [6.07, 6.45) is 0.927. The fourth-order valence-electron chi connectivity index (χ4n) is 1.93. The van der Waals surface area contributed by atoms with Gasteiger partial charge in [0.25, 0.3) is 0 Å². The molecule has 0 fully saturated rings. The largest absolute Gasteiger partial charge is 0.399 e. The van der Waals surface area contributed by atoms with E-state index in [1.54, 1.807) is 36.4 Å². The first-order chi connectivity index (χ1) is 9.48. The van der Waals surface area contributed by atoms with Gasteiger partial charge in [0.2, 0.25) is 10.0 Å². The Morgan fingerprint density at radius 1 is 1.05 bits per heavy atom. The van der Waals surface area contributed by atoms with E-state index >= 15 is 0 Å². The van der Waals surface area contributed by atoms with Crippen molar-refractivity contribution in [3.63, 3.8) is 0 Å². The Labute approximate surface area is 119 Å². The molecule has 0 bridgehead atoms. The molecule has 2 rings (SSSR count). The van der Waals surface area contributed by atoms with Crippen LogP contribution < -0.4 is 10.5 Å². The molecular weight excluding hydrogens is 272 g/mol. The molecule has 0 radical (unpaired) electrons. The summed E-state index contributed by atoms with van der Waals surface area (Å²) in [7, 11) is -3.43. The van der Waals surface area contributed by atoms with Crippen LogP contribution in [0.2, 0.25) is 0 Å². The molecule has 0 aliphatic carbocycles. The van der Waals surface area contributed by atoms with Crippen LogP contribution in [0.5, 0.6) is 0 Å². The molecule has 2 aromatic rings. The van der Waals surface area contributed by atoms with E-state index in [4.69, 9.17) is 5.73 Å². The summed E-state index contributed by atoms with van der Waals surface area (Å²) >= 11 is 0. The summed E-state index contributed by atoms with van der Waals surface area (Å²) in [5.41, 5.74) is 8.62. The van der Waals surface area contributed by atoms with E-state index in [2.05, 4.69) is 11.6 Å². The second-order valence-corrected chi connectivity index (χ2v) is 6.38. The Balaban J connectivity index is 2.10. The molecule has 0 amide bonds. The Kier molecular flexibility index (Phi) is 4.29. The van der Waals surface area contributed by atoms with Crippen molar-refractivity contribution >= 4 is 21.4 Å². The van der Waals surface area contributed by atoms with Gasteiger partial charge in [0.05, 0.1) is 5.75 Å². The molecule has 0 aliphatic rings. The lowest BCUT2D eigenvalue weighted by Gasteiger charge is -2.09. The van der Waals surface area contributed by atoms with E-state index in [9.17, 15) is 8.42 Å². The number of anilines is 2. The number of rotatable bonds is 5. The van der Waals surface area contributed by atoms with E-state index in [1.165, 1.54) is 5.56 Å². The highest BCUT2D eigenvalue weighted by atomic mass is 32.2. The minimum absolute atomic E-state index is 0.0897. The first-order valence-corrected chi connectivity index (χ1v) is 8.07. The van der Waals surface area contributed by atoms with Gasteiger partial charge in [0, 0.05) is 11.4 Å². The lowest BCUT2D eigenvalue weighted by molar-refractivity contribution is 0.600. The molecule has 3 N–H and O–H groups in total. The zero-order valence-corrected chi connectivity index (χ0v) is 12.2. The molecule has 0 atom stereocenters. The Morgan fingerprint density at radius 2 is 1.75 bits per heavy atom. The molecule has 0 saturated heterocycles. The van der Waals surface area contributed by atoms with Crippen molar-refractivity contribution in [2.45, 2.75) is 19.1 Å². The first-order valence-electron chi connectivity index (χ1n) is 6.42. The molecule has 4 nitrogen and oxygen atoms in total. The van der Waals surface area contributed by atoms with Gasteiger partial charge < -0.3 is 5.73 Å². The summed E-state index contributed by atoms with van der Waals surface area (Å²) in [6, 6.07) is 14.3. The first kappa shape index (κ1) is 14.4. The number of benzene rings is 2. The average molecular weight is 290 g/mol. The number of hydrogen-bond acceptors (Lipinski definition) is 3. The van der Waals surface area contributed by atoms with Crippen molar-refractivity contribution in [2.75, 3.05) is 10.5 Å². The third kappa shape index (κ3) is 3.99. The number of nitrogen functional groups attached to an aromatic ring is 1. The van der Waals surface area contributed by atoms with Crippen molar-refractivity contribution in [2.24, 2.45) is 0 Å². The van der Waals surface area contributed by atoms with Gasteiger partial charge in [-0.25, -0.2) is 8.42 Å². The molecular formula is C15H18N2O2S. The van der Waals surface area contributed by atoms with Crippen LogP contribution >= 0.6 is 0 Å². The average Bonchev–Trinajstić information content (AvgIpc) is 2.38. The molecule has 20 heavy (non-hydrogen) atoms. The highest BCUT2D eigenvalue weighted by Crippen LogP contribution is 2.15. The monoisotopic (exact) mass is 290 g/mol. The van der Waals surface area contributed by atoms with Crippen molar-refractivity contribution in [3.05, 3.63) is 59.7 Å². The van der Waals surface area contributed by atoms with Crippen LogP contribution in [0.4, 0.5) is 11.4 Å². The molecule has 0 unspecified atom stereocenters. The quantitative estimate of drug-likeness (QED) is 0.832. The molecule has 0 heterocycles. The summed E-state index contributed by atoms with van der Waals surface area (Å²) in [6.45, 7) is 2.05. The van der Waals surface area contributed by atoms with Crippen LogP contribution in [0.3, 0.4) is 0 Å². The fraction of sp³-hybridized carbons (Fsp3) is 0.200. The van der Waals surface area contributed by atoms with Gasteiger partial charge >= 0.3 is 0 Å². The SMILES string of the molecule is CCc1ccc(NS(=O)(=O)Cc2cccc(N)c2)cc1. The van der Waals surface area contributed by atoms with E-state index in [1.807, 2.05) is 12.1 Å². The summed E-state index contributed by atoms with van der Waals surface area (Å²) in [4.78, 5) is 0. The number of nitrogens with two attached hydrogens (primary N) is 1. The zero-order chi connectivity index (χ0) is 14.6. The van der Waals surface area contributed by atoms with Crippen LogP contribution in [-0.2, 0) is 22.2 Å². The summed E-state index contributed by atoms with van der Waals surface area (Å²) in [5.74, 6) is -0.0897. The number of nitrogens with one attached hydrogen (secondary N) is 1. The normalized spacial score (nSPS) is 11.2. The van der Waals surface area contributed by atoms with Crippen LogP contribution in [0.1, 0.15) is 18.1 Å². The predicted octanol–water partition coefficient (Wildman–Crippen LogP) is 2.77. The lowest BCUT2D eigenvalue weighted by atomic mass is 10.2. The van der Waals surface area contributed by atoms with Gasteiger partial charge in [-0.1, -0.05) is 31.2 Å². The van der Waals surface area contributed by atoms with Crippen molar-refractivity contribution in [1.82, 2.24) is 0 Å². The molecule has 0 aromatic heterocycles. The standard InChI is InChI=1S/C15H18N2O2S/c1-2-12-6-8-15(9-7-12)17-20(18,19)11-13-4-3-5-14(16)10-13/h3-10,17H,2,11,16H2,1H3. The maximum Gasteiger partial charge on any atom is 0.236 e. The van der Waals surface area contributed by atoms with Crippen LogP contribution in [0.15, 0.2) is 48.5 Å². The van der Waals surface area contributed by atoms with Gasteiger partial charge in [-0.15, -0.1) is 0 Å². The predicted molar refractivity (Wildman–Crippen MR) is 82.9 cm³/mol. The van der Waals surface area contributed by atoms with Gasteiger partial charge in [-0.05, 0) is 41.8 Å². The maximum absolute atomic E-state index is 12.1. The Hall–Kier alpha value is -2.01. The van der Waals surface area contributed by atoms with Gasteiger partial charge in [-0.2, -0.15) is 0 Å². The van der Waals surface area contributed by atoms with E-state index in [-0.39, 0.29) is 5.75 Å². The zero-order valence-electron chi connectivity index (χ0n) is 11.3. The summed E-state index contributed by atoms with van der Waals surface area (Å²) < 4.78 is 26.7. The second kappa shape index (κ2) is 5.96. The molecule has 0 aliphatic heterocycles. The van der Waals surface area contributed by atoms with Crippen molar-refractivity contribution < 1.29 is 8.42 Å². The third-order valence-corrected chi connectivity index (χ3v) is 4.20. The minimum atomic E-state index is -3.43. The second-order valence-electron chi connectivity index (χ2n) is 4.66. The van der Waals surface area contributed by atoms with Crippen LogP contribution in [-0.4, -0.2) is 8.42 Å². The molecule has 106 valence electrons. The number of sulfonamides is 1. The maximum atomic E-state index is 12.1. The third-order valence-electron chi connectivity index (χ3n) is 2.94. The Bertz CT molecular complexity index is 679. The molecule has 5 heteroatoms. The molecule has 0 saturated carbocycles. The van der Waals surface area contributed by atoms with Crippen molar-refractivity contribution in [3.8, 4) is 0 Å². The van der Waals surface area contributed by atoms with Crippen LogP contribution in [0, 0.1) is 0 Å². The van der Waals surface area contributed by atoms with E-state index < -0.39 is 10.0 Å². The van der Waals surface area contributed by atoms with Crippen LogP contribution in [0.25, 0.3) is 0 Å². The molecule has 0 spiro atoms. The van der Waals surface area contributed by atoms with Crippen molar-refractivity contribution in [1.29, 1.82) is 0 Å². The van der Waals surface area contributed by atoms with Gasteiger partial charge in [0.1, 0.15) is 0 Å². The van der Waals surface area contributed by atoms with Gasteiger partial charge in [0.15, 0.2) is 0 Å². The number of aryl methyl sites for hydroxylation is 1. The van der Waals surface area contributed by atoms with E-state index in [0.29, 0.717) is 16.9 Å². The van der Waals surface area contributed by atoms with E-state index in [0.717, 1.165) is 6.42 Å². The highest BCUT2D eigenvalue weighted by molar-refractivity contribution is 7.91. The lowest BCUT2D eigenvalue weighted by Crippen LogP contribution is -2.15. The van der Waals surface area contributed by atoms with Gasteiger partial charge in [-0.3, -0.25) is 4.72 Å². The smallest absolute Gasteiger partial charge is 0.236 e.